The van der Waals surface area contributed by atoms with Gasteiger partial charge in [-0.3, -0.25) is 0 Å². The highest BCUT2D eigenvalue weighted by molar-refractivity contribution is 7.93. The third kappa shape index (κ3) is 1.06. The molecule has 0 N–H and O–H groups in total. The Hall–Kier alpha value is -1.14. The SMILES string of the molecule is O=S1(=O)ON1c1ccccn1. The molecule has 0 bridgehead atoms. The van der Waals surface area contributed by atoms with Gasteiger partial charge in [-0.05, 0) is 12.1 Å². The first kappa shape index (κ1) is 6.56. The van der Waals surface area contributed by atoms with Crippen molar-refractivity contribution in [2.75, 3.05) is 4.47 Å². The molecule has 0 amide bonds. The molecular formula is C5H4N2O3S. The van der Waals surface area contributed by atoms with Crippen LogP contribution < -0.4 is 4.47 Å². The van der Waals surface area contributed by atoms with Gasteiger partial charge < -0.3 is 0 Å². The Balaban J connectivity index is 2.35. The monoisotopic (exact) mass is 172 g/mol. The average Bonchev–Trinajstić information content (AvgIpc) is 2.62. The number of pyridine rings is 1. The van der Waals surface area contributed by atoms with Gasteiger partial charge in [0.2, 0.25) is 0 Å². The predicted molar refractivity (Wildman–Crippen MR) is 36.7 cm³/mol. The van der Waals surface area contributed by atoms with Crippen molar-refractivity contribution in [3.05, 3.63) is 24.4 Å². The fourth-order valence-electron chi connectivity index (χ4n) is 0.686. The number of anilines is 1. The van der Waals surface area contributed by atoms with Crippen molar-refractivity contribution in [1.29, 1.82) is 0 Å². The lowest BCUT2D eigenvalue weighted by Gasteiger charge is -1.89. The van der Waals surface area contributed by atoms with E-state index >= 15 is 0 Å². The van der Waals surface area contributed by atoms with Crippen LogP contribution in [-0.4, -0.2) is 13.4 Å². The quantitative estimate of drug-likeness (QED) is 0.563. The zero-order valence-electron chi connectivity index (χ0n) is 5.34. The van der Waals surface area contributed by atoms with E-state index in [0.29, 0.717) is 0 Å². The van der Waals surface area contributed by atoms with Crippen molar-refractivity contribution in [3.8, 4) is 0 Å². The van der Waals surface area contributed by atoms with Crippen LogP contribution >= 0.6 is 0 Å². The summed E-state index contributed by atoms with van der Waals surface area (Å²) in [7, 11) is -3.44. The minimum Gasteiger partial charge on any atom is -0.236 e. The van der Waals surface area contributed by atoms with Crippen LogP contribution in [0.15, 0.2) is 24.4 Å². The zero-order valence-corrected chi connectivity index (χ0v) is 6.15. The molecule has 0 aliphatic carbocycles. The highest BCUT2D eigenvalue weighted by Crippen LogP contribution is 2.28. The van der Waals surface area contributed by atoms with E-state index < -0.39 is 10.3 Å². The van der Waals surface area contributed by atoms with Crippen LogP contribution in [0, 0.1) is 0 Å². The molecule has 2 heterocycles. The van der Waals surface area contributed by atoms with Crippen molar-refractivity contribution in [2.45, 2.75) is 0 Å². The Morgan fingerprint density at radius 2 is 2.18 bits per heavy atom. The molecule has 6 heteroatoms. The largest absolute Gasteiger partial charge is 0.410 e. The van der Waals surface area contributed by atoms with Crippen LogP contribution in [0.4, 0.5) is 5.82 Å². The lowest BCUT2D eigenvalue weighted by Crippen LogP contribution is -1.95. The smallest absolute Gasteiger partial charge is 0.236 e. The van der Waals surface area contributed by atoms with Crippen LogP contribution in [0.25, 0.3) is 0 Å². The van der Waals surface area contributed by atoms with Gasteiger partial charge >= 0.3 is 10.3 Å². The van der Waals surface area contributed by atoms with Gasteiger partial charge in [-0.25, -0.2) is 4.98 Å². The summed E-state index contributed by atoms with van der Waals surface area (Å²) in [5.74, 6) is 0.285. The normalized spacial score (nSPS) is 19.8. The first-order valence-corrected chi connectivity index (χ1v) is 4.22. The molecule has 0 unspecified atom stereocenters. The Morgan fingerprint density at radius 3 is 2.64 bits per heavy atom. The summed E-state index contributed by atoms with van der Waals surface area (Å²) >= 11 is 0. The molecule has 1 aromatic rings. The van der Waals surface area contributed by atoms with E-state index in [1.807, 2.05) is 0 Å². The Bertz CT molecular complexity index is 361. The molecule has 1 aliphatic heterocycles. The molecule has 2 rings (SSSR count). The minimum absolute atomic E-state index is 0.285. The van der Waals surface area contributed by atoms with E-state index in [1.54, 1.807) is 18.2 Å². The molecule has 0 saturated carbocycles. The maximum absolute atomic E-state index is 10.5. The highest BCUT2D eigenvalue weighted by Gasteiger charge is 2.45. The Morgan fingerprint density at radius 1 is 1.45 bits per heavy atom. The van der Waals surface area contributed by atoms with Gasteiger partial charge in [-0.1, -0.05) is 10.5 Å². The fourth-order valence-corrected chi connectivity index (χ4v) is 1.39. The van der Waals surface area contributed by atoms with Crippen LogP contribution in [0.1, 0.15) is 0 Å². The van der Waals surface area contributed by atoms with Crippen LogP contribution in [0.3, 0.4) is 0 Å². The lowest BCUT2D eigenvalue weighted by molar-refractivity contribution is 0.494. The number of aromatic nitrogens is 1. The zero-order chi connectivity index (χ0) is 7.90. The van der Waals surface area contributed by atoms with Gasteiger partial charge in [0.25, 0.3) is 0 Å². The summed E-state index contributed by atoms with van der Waals surface area (Å²) in [4.78, 5) is 3.76. The Kier molecular flexibility index (Phi) is 1.15. The summed E-state index contributed by atoms with van der Waals surface area (Å²) < 4.78 is 26.1. The molecule has 0 aromatic carbocycles. The molecule has 0 spiro atoms. The average molecular weight is 172 g/mol. The molecular weight excluding hydrogens is 168 g/mol. The fraction of sp³-hybridized carbons (Fsp3) is 0. The standard InChI is InChI=1S/C5H4N2O3S/c8-11(9)7(10-11)5-3-1-2-4-6-5/h1-4H. The molecule has 1 saturated heterocycles. The minimum atomic E-state index is -3.44. The molecule has 0 atom stereocenters. The van der Waals surface area contributed by atoms with E-state index in [9.17, 15) is 8.42 Å². The molecule has 1 fully saturated rings. The predicted octanol–water partition coefficient (Wildman–Crippen LogP) is 0.0780. The van der Waals surface area contributed by atoms with Gasteiger partial charge in [0.1, 0.15) is 0 Å². The van der Waals surface area contributed by atoms with Gasteiger partial charge in [-0.2, -0.15) is 8.42 Å². The maximum atomic E-state index is 10.5. The third-order valence-electron chi connectivity index (χ3n) is 1.18. The first-order valence-electron chi connectivity index (χ1n) is 2.86. The molecule has 58 valence electrons. The summed E-state index contributed by atoms with van der Waals surface area (Å²) in [5.41, 5.74) is 0. The molecule has 0 radical (unpaired) electrons. The number of hydrogen-bond donors (Lipinski definition) is 0. The van der Waals surface area contributed by atoms with Gasteiger partial charge in [-0.15, -0.1) is 4.28 Å². The number of nitrogens with zero attached hydrogens (tertiary/aromatic N) is 2. The molecule has 1 aliphatic rings. The van der Waals surface area contributed by atoms with Crippen molar-refractivity contribution in [3.63, 3.8) is 0 Å². The second kappa shape index (κ2) is 1.93. The highest BCUT2D eigenvalue weighted by atomic mass is 32.3. The second-order valence-corrected chi connectivity index (χ2v) is 3.28. The van der Waals surface area contributed by atoms with Crippen LogP contribution in [0.2, 0.25) is 0 Å². The van der Waals surface area contributed by atoms with Gasteiger partial charge in [0.15, 0.2) is 5.82 Å². The summed E-state index contributed by atoms with van der Waals surface area (Å²) in [5, 5.41) is 0. The van der Waals surface area contributed by atoms with E-state index in [1.165, 1.54) is 6.20 Å². The van der Waals surface area contributed by atoms with E-state index in [4.69, 9.17) is 0 Å². The maximum Gasteiger partial charge on any atom is 0.410 e. The number of hydrogen-bond acceptors (Lipinski definition) is 4. The van der Waals surface area contributed by atoms with E-state index in [2.05, 4.69) is 9.27 Å². The van der Waals surface area contributed by atoms with Crippen molar-refractivity contribution >= 4 is 16.1 Å². The van der Waals surface area contributed by atoms with E-state index in [0.717, 1.165) is 4.47 Å². The van der Waals surface area contributed by atoms with Crippen LogP contribution in [-0.2, 0) is 14.6 Å². The van der Waals surface area contributed by atoms with Gasteiger partial charge in [0, 0.05) is 6.20 Å². The third-order valence-corrected chi connectivity index (χ3v) is 2.06. The topological polar surface area (TPSA) is 62.6 Å². The van der Waals surface area contributed by atoms with Crippen molar-refractivity contribution in [1.82, 2.24) is 4.98 Å². The van der Waals surface area contributed by atoms with Gasteiger partial charge in [0.05, 0.1) is 0 Å². The summed E-state index contributed by atoms with van der Waals surface area (Å²) in [6.45, 7) is 0. The molecule has 11 heavy (non-hydrogen) atoms. The summed E-state index contributed by atoms with van der Waals surface area (Å²) in [6, 6.07) is 4.92. The molecule has 5 nitrogen and oxygen atoms in total. The van der Waals surface area contributed by atoms with E-state index in [-0.39, 0.29) is 5.82 Å². The van der Waals surface area contributed by atoms with Crippen molar-refractivity contribution in [2.24, 2.45) is 0 Å². The summed E-state index contributed by atoms with van der Waals surface area (Å²) in [6.07, 6.45) is 1.49. The molecule has 1 aromatic heterocycles. The number of rotatable bonds is 1. The second-order valence-electron chi connectivity index (χ2n) is 1.95. The lowest BCUT2D eigenvalue weighted by atomic mass is 10.5. The Labute approximate surface area is 63.4 Å². The first-order chi connectivity index (χ1) is 5.20. The van der Waals surface area contributed by atoms with Crippen molar-refractivity contribution < 1.29 is 12.7 Å². The van der Waals surface area contributed by atoms with Crippen LogP contribution in [0.5, 0.6) is 0 Å².